The van der Waals surface area contributed by atoms with Gasteiger partial charge in [0.15, 0.2) is 22.4 Å². The molecule has 16 heterocycles. The SMILES string of the molecule is C[C@@H]1CC[C@H]2[C@H](C[C@@]3(CCCCCC[C@]4(C[C@@H]5C(=O)O[C@@H]6O[C@]7(C)CC[C@H]8[C@H](C)CC[C@@H]5[C@@]68OO7)C(=O)O[C@@H]5O[C@]6(C)CC[C@H]7[C@H](C)CC[C@@H]4[C@@]57OO6)C(=O)O[C@@H]4O[C@]5(C)CC[C@H]6[C@H](C)CC[C@@H]3[C@@]46OO5)C(=O)O[C@@H]3O[C@]4(C)CC[C@@H]1[C@]32OO4. The maximum Gasteiger partial charge on any atom is 0.314 e. The van der Waals surface area contributed by atoms with Crippen LogP contribution >= 0.6 is 0 Å². The molecule has 84 heavy (non-hydrogen) atoms. The molecule has 0 amide bonds. The average Bonchev–Trinajstić information content (AvgIpc) is 1.19. The third kappa shape index (κ3) is 7.54. The van der Waals surface area contributed by atoms with Crippen molar-refractivity contribution in [3.8, 4) is 0 Å². The summed E-state index contributed by atoms with van der Waals surface area (Å²) in [5.41, 5.74) is -6.76. The number of hydrogen-bond acceptors (Lipinski definition) is 20. The van der Waals surface area contributed by atoms with Crippen LogP contribution in [0.5, 0.6) is 0 Å². The number of hydrogen-bond donors (Lipinski definition) is 0. The number of carbonyl (C=O) groups excluding carboxylic acids is 4. The lowest BCUT2D eigenvalue weighted by molar-refractivity contribution is -0.564. The first-order valence-electron chi connectivity index (χ1n) is 33.1. The van der Waals surface area contributed by atoms with Crippen LogP contribution in [-0.2, 0) is 96.2 Å². The summed E-state index contributed by atoms with van der Waals surface area (Å²) < 4.78 is 52.8. The maximum absolute atomic E-state index is 15.7. The molecule has 20 nitrogen and oxygen atoms in total. The minimum atomic E-state index is -1.22. The Morgan fingerprint density at radius 2 is 0.655 bits per heavy atom. The van der Waals surface area contributed by atoms with Crippen molar-refractivity contribution in [2.45, 2.75) is 280 Å². The first kappa shape index (κ1) is 56.6. The summed E-state index contributed by atoms with van der Waals surface area (Å²) >= 11 is 0. The van der Waals surface area contributed by atoms with E-state index in [-0.39, 0.29) is 84.0 Å². The second-order valence-electron chi connectivity index (χ2n) is 31.1. The zero-order valence-corrected chi connectivity index (χ0v) is 50.5. The monoisotopic (exact) mass is 1180 g/mol. The van der Waals surface area contributed by atoms with E-state index in [2.05, 4.69) is 27.7 Å². The van der Waals surface area contributed by atoms with Gasteiger partial charge in [-0.3, -0.25) is 19.2 Å². The molecule has 20 heteroatoms. The molecular formula is C64H90O20. The van der Waals surface area contributed by atoms with Gasteiger partial charge < -0.3 is 37.9 Å². The smallest absolute Gasteiger partial charge is 0.314 e. The third-order valence-electron chi connectivity index (χ3n) is 26.7. The highest BCUT2D eigenvalue weighted by Gasteiger charge is 2.80. The fourth-order valence-electron chi connectivity index (χ4n) is 22.4. The summed E-state index contributed by atoms with van der Waals surface area (Å²) in [6.45, 7) is 16.4. The van der Waals surface area contributed by atoms with E-state index in [1.807, 2.05) is 27.7 Å². The van der Waals surface area contributed by atoms with Crippen molar-refractivity contribution in [2.75, 3.05) is 0 Å². The highest BCUT2D eigenvalue weighted by atomic mass is 17.3. The summed E-state index contributed by atoms with van der Waals surface area (Å²) in [5.74, 6) is -7.97. The number of esters is 4. The Labute approximate surface area is 492 Å². The largest absolute Gasteiger partial charge is 0.432 e. The van der Waals surface area contributed by atoms with Gasteiger partial charge in [0.25, 0.3) is 0 Å². The molecule has 0 aromatic carbocycles. The molecule has 4 saturated carbocycles. The molecule has 466 valence electrons. The van der Waals surface area contributed by atoms with E-state index in [0.717, 1.165) is 51.4 Å². The number of carbonyl (C=O) groups is 4. The van der Waals surface area contributed by atoms with Gasteiger partial charge >= 0.3 is 23.9 Å². The van der Waals surface area contributed by atoms with Crippen molar-refractivity contribution in [3.63, 3.8) is 0 Å². The van der Waals surface area contributed by atoms with Crippen LogP contribution in [0.4, 0.5) is 0 Å². The topological polar surface area (TPSA) is 216 Å². The minimum Gasteiger partial charge on any atom is -0.432 e. The molecule has 0 N–H and O–H groups in total. The Hall–Kier alpha value is -2.60. The van der Waals surface area contributed by atoms with Gasteiger partial charge in [0.1, 0.15) is 0 Å². The summed E-state index contributed by atoms with van der Waals surface area (Å²) in [6.07, 6.45) is 11.4. The zero-order chi connectivity index (χ0) is 58.0. The summed E-state index contributed by atoms with van der Waals surface area (Å²) in [7, 11) is 0. The molecule has 8 bridgehead atoms. The van der Waals surface area contributed by atoms with Gasteiger partial charge in [0.2, 0.25) is 48.3 Å². The molecule has 16 saturated heterocycles. The number of fused-ring (bicyclic) bond motifs is 8. The predicted octanol–water partition coefficient (Wildman–Crippen LogP) is 10.4. The van der Waals surface area contributed by atoms with Crippen LogP contribution in [0.3, 0.4) is 0 Å². The predicted molar refractivity (Wildman–Crippen MR) is 284 cm³/mol. The first-order chi connectivity index (χ1) is 40.1. The van der Waals surface area contributed by atoms with Crippen molar-refractivity contribution in [2.24, 2.45) is 93.7 Å². The van der Waals surface area contributed by atoms with Crippen LogP contribution < -0.4 is 0 Å². The quantitative estimate of drug-likeness (QED) is 0.0813. The Morgan fingerprint density at radius 3 is 1.01 bits per heavy atom. The number of ether oxygens (including phenoxy) is 8. The van der Waals surface area contributed by atoms with Crippen LogP contribution in [0.1, 0.15) is 209 Å². The van der Waals surface area contributed by atoms with Gasteiger partial charge in [0, 0.05) is 73.0 Å². The molecule has 0 unspecified atom stereocenters. The van der Waals surface area contributed by atoms with Gasteiger partial charge in [-0.25, -0.2) is 39.1 Å². The van der Waals surface area contributed by atoms with Crippen molar-refractivity contribution < 1.29 is 96.2 Å². The molecule has 4 spiro atoms. The fourth-order valence-corrected chi connectivity index (χ4v) is 22.4. The Balaban J connectivity index is 0.725. The maximum atomic E-state index is 15.7. The Morgan fingerprint density at radius 1 is 0.345 bits per heavy atom. The Kier molecular flexibility index (Phi) is 12.8. The average molecular weight is 1180 g/mol. The molecule has 20 rings (SSSR count). The highest BCUT2D eigenvalue weighted by molar-refractivity contribution is 5.82. The van der Waals surface area contributed by atoms with Crippen LogP contribution in [-0.4, -0.2) is 94.6 Å². The lowest BCUT2D eigenvalue weighted by Crippen LogP contribution is -2.74. The van der Waals surface area contributed by atoms with Crippen LogP contribution in [0.2, 0.25) is 0 Å². The van der Waals surface area contributed by atoms with E-state index >= 15 is 19.2 Å². The number of unbranched alkanes of at least 4 members (excludes halogenated alkanes) is 3. The van der Waals surface area contributed by atoms with Crippen LogP contribution in [0.25, 0.3) is 0 Å². The van der Waals surface area contributed by atoms with Crippen LogP contribution in [0.15, 0.2) is 0 Å². The molecule has 20 aliphatic rings. The van der Waals surface area contributed by atoms with E-state index in [0.29, 0.717) is 89.9 Å². The minimum absolute atomic E-state index is 0.00219. The molecule has 0 aromatic rings. The molecule has 28 atom stereocenters. The lowest BCUT2D eigenvalue weighted by Gasteiger charge is -2.63. The van der Waals surface area contributed by atoms with Crippen molar-refractivity contribution >= 4 is 23.9 Å². The second-order valence-corrected chi connectivity index (χ2v) is 31.1. The van der Waals surface area contributed by atoms with E-state index in [1.54, 1.807) is 0 Å². The van der Waals surface area contributed by atoms with Gasteiger partial charge in [-0.05, 0) is 154 Å². The van der Waals surface area contributed by atoms with Crippen LogP contribution in [0, 0.1) is 93.7 Å². The molecule has 0 radical (unpaired) electrons. The summed E-state index contributed by atoms with van der Waals surface area (Å²) in [6, 6.07) is 0. The van der Waals surface area contributed by atoms with E-state index in [4.69, 9.17) is 77.0 Å². The van der Waals surface area contributed by atoms with E-state index in [1.165, 1.54) is 0 Å². The van der Waals surface area contributed by atoms with E-state index < -0.39 is 117 Å². The summed E-state index contributed by atoms with van der Waals surface area (Å²) in [5, 5.41) is 0. The molecular weight excluding hydrogens is 1090 g/mol. The van der Waals surface area contributed by atoms with Gasteiger partial charge in [-0.2, -0.15) is 0 Å². The normalized spacial score (nSPS) is 58.0. The second kappa shape index (κ2) is 19.0. The molecule has 16 aliphatic heterocycles. The Bertz CT molecular complexity index is 2530. The van der Waals surface area contributed by atoms with Crippen molar-refractivity contribution in [1.82, 2.24) is 0 Å². The van der Waals surface area contributed by atoms with E-state index in [9.17, 15) is 0 Å². The third-order valence-corrected chi connectivity index (χ3v) is 26.7. The van der Waals surface area contributed by atoms with Gasteiger partial charge in [-0.15, -0.1) is 0 Å². The zero-order valence-electron chi connectivity index (χ0n) is 50.5. The van der Waals surface area contributed by atoms with Gasteiger partial charge in [0.05, 0.1) is 22.7 Å². The standard InChI is InChI=1S/C64H90O20/c1-33-13-17-43-37(47(65)69-51-61(43)39(33)21-27-55(5,73-51)77-81-61)31-59(45-19-15-35(3)41-23-29-57(7)75-53(71-49(59)67)63(41,45)83-79-57)25-11-9-10-12-26-60(46-20-16-36(4)42-24-30-58(8)76-54(72-50(60)68)64(42,46)84-80-58)32-38-44-18-14-34(2)40-22-28-56(6)74-52(70-48(38)66)62(40,44)82-78-56/h33-46,51-54H,9-32H2,1-8H3/t33-,34-,35-,36-,37+,38+,39+,40+,41+,42+,43+,44+,45+,46+,51-,52-,53-,54-,55+,56+,57+,58+,59-,60-,61-,62-,63-,64-/m1/s1. The van der Waals surface area contributed by atoms with Gasteiger partial charge in [-0.1, -0.05) is 53.4 Å². The first-order valence-corrected chi connectivity index (χ1v) is 33.1. The number of rotatable bonds is 11. The summed E-state index contributed by atoms with van der Waals surface area (Å²) in [4.78, 5) is 113. The molecule has 4 aliphatic carbocycles. The highest BCUT2D eigenvalue weighted by Crippen LogP contribution is 2.70. The molecule has 0 aromatic heterocycles. The molecule has 20 fully saturated rings. The fraction of sp³-hybridized carbons (Fsp3) is 0.938. The van der Waals surface area contributed by atoms with Crippen molar-refractivity contribution in [3.05, 3.63) is 0 Å². The lowest BCUT2D eigenvalue weighted by atomic mass is 9.49. The van der Waals surface area contributed by atoms with Crippen molar-refractivity contribution in [1.29, 1.82) is 0 Å².